The van der Waals surface area contributed by atoms with Crippen molar-refractivity contribution >= 4 is 17.8 Å². The highest BCUT2D eigenvalue weighted by Crippen LogP contribution is 2.41. The largest absolute Gasteiger partial charge is 0.355 e. The Morgan fingerprint density at radius 3 is 2.93 bits per heavy atom. The lowest BCUT2D eigenvalue weighted by Crippen LogP contribution is -2.44. The highest BCUT2D eigenvalue weighted by atomic mass is 16.2. The molecule has 1 unspecified atom stereocenters. The summed E-state index contributed by atoms with van der Waals surface area (Å²) < 4.78 is 1.74. The highest BCUT2D eigenvalue weighted by Gasteiger charge is 2.55. The maximum Gasteiger partial charge on any atom is 0.325 e. The molecule has 0 bridgehead atoms. The van der Waals surface area contributed by atoms with Crippen LogP contribution in [0.4, 0.5) is 4.79 Å². The first-order valence-corrected chi connectivity index (χ1v) is 9.46. The molecule has 1 fully saturated rings. The number of rotatable bonds is 6. The number of aromatic nitrogens is 2. The molecule has 146 valence electrons. The Bertz CT molecular complexity index is 937. The van der Waals surface area contributed by atoms with E-state index in [1.807, 2.05) is 37.5 Å². The van der Waals surface area contributed by atoms with Crippen LogP contribution in [0, 0.1) is 0 Å². The van der Waals surface area contributed by atoms with Gasteiger partial charge in [-0.15, -0.1) is 0 Å². The van der Waals surface area contributed by atoms with Gasteiger partial charge >= 0.3 is 6.03 Å². The minimum absolute atomic E-state index is 0.262. The smallest absolute Gasteiger partial charge is 0.325 e. The molecule has 1 aromatic heterocycles. The van der Waals surface area contributed by atoms with Gasteiger partial charge in [-0.05, 0) is 42.4 Å². The minimum atomic E-state index is -1.02. The summed E-state index contributed by atoms with van der Waals surface area (Å²) in [7, 11) is 1.86. The molecule has 8 nitrogen and oxygen atoms in total. The fraction of sp³-hybridized carbons (Fsp3) is 0.400. The topological polar surface area (TPSA) is 96.3 Å². The average molecular weight is 381 g/mol. The third-order valence-electron chi connectivity index (χ3n) is 5.45. The SMILES string of the molecule is Cn1cc(CCCNC(=O)CN2C(=O)NC3(CCc4ccccc43)C2=O)cn1. The molecule has 1 atom stereocenters. The second kappa shape index (κ2) is 7.10. The van der Waals surface area contributed by atoms with Crippen molar-refractivity contribution in [1.29, 1.82) is 0 Å². The van der Waals surface area contributed by atoms with Gasteiger partial charge in [0.15, 0.2) is 0 Å². The van der Waals surface area contributed by atoms with E-state index in [0.717, 1.165) is 40.9 Å². The van der Waals surface area contributed by atoms with E-state index in [2.05, 4.69) is 15.7 Å². The monoisotopic (exact) mass is 381 g/mol. The van der Waals surface area contributed by atoms with Gasteiger partial charge in [-0.2, -0.15) is 5.10 Å². The number of amides is 4. The Kier molecular flexibility index (Phi) is 4.62. The molecule has 0 saturated carbocycles. The summed E-state index contributed by atoms with van der Waals surface area (Å²) in [5.74, 6) is -0.675. The van der Waals surface area contributed by atoms with E-state index in [9.17, 15) is 14.4 Å². The minimum Gasteiger partial charge on any atom is -0.355 e. The number of carbonyl (C=O) groups excluding carboxylic acids is 3. The number of carbonyl (C=O) groups is 3. The van der Waals surface area contributed by atoms with Crippen molar-refractivity contribution in [3.05, 3.63) is 53.3 Å². The number of aryl methyl sites for hydroxylation is 3. The fourth-order valence-corrected chi connectivity index (χ4v) is 4.05. The van der Waals surface area contributed by atoms with Crippen LogP contribution in [-0.4, -0.2) is 45.6 Å². The lowest BCUT2D eigenvalue weighted by molar-refractivity contribution is -0.135. The molecule has 2 aliphatic rings. The van der Waals surface area contributed by atoms with Crippen LogP contribution in [0.1, 0.15) is 29.5 Å². The molecule has 1 spiro atoms. The summed E-state index contributed by atoms with van der Waals surface area (Å²) in [6, 6.07) is 7.13. The summed E-state index contributed by atoms with van der Waals surface area (Å²) in [5.41, 5.74) is 1.99. The van der Waals surface area contributed by atoms with Crippen molar-refractivity contribution in [2.24, 2.45) is 7.05 Å². The van der Waals surface area contributed by atoms with Crippen LogP contribution >= 0.6 is 0 Å². The molecule has 2 aromatic rings. The Labute approximate surface area is 162 Å². The lowest BCUT2D eigenvalue weighted by Gasteiger charge is -2.22. The Morgan fingerprint density at radius 2 is 2.14 bits per heavy atom. The number of hydrogen-bond donors (Lipinski definition) is 2. The first-order valence-electron chi connectivity index (χ1n) is 9.46. The number of benzene rings is 1. The molecule has 2 heterocycles. The molecule has 1 aliphatic carbocycles. The molecule has 1 saturated heterocycles. The van der Waals surface area contributed by atoms with Gasteiger partial charge in [0.1, 0.15) is 12.1 Å². The van der Waals surface area contributed by atoms with E-state index in [-0.39, 0.29) is 18.4 Å². The summed E-state index contributed by atoms with van der Waals surface area (Å²) >= 11 is 0. The van der Waals surface area contributed by atoms with E-state index in [0.29, 0.717) is 13.0 Å². The Hall–Kier alpha value is -3.16. The van der Waals surface area contributed by atoms with Crippen LogP contribution in [0.5, 0.6) is 0 Å². The summed E-state index contributed by atoms with van der Waals surface area (Å²) in [5, 5.41) is 9.72. The van der Waals surface area contributed by atoms with Gasteiger partial charge in [0, 0.05) is 19.8 Å². The van der Waals surface area contributed by atoms with Gasteiger partial charge in [0.25, 0.3) is 5.91 Å². The van der Waals surface area contributed by atoms with Crippen molar-refractivity contribution in [3.63, 3.8) is 0 Å². The molecule has 4 amide bonds. The summed E-state index contributed by atoms with van der Waals surface area (Å²) in [6.45, 7) is 0.215. The third-order valence-corrected chi connectivity index (χ3v) is 5.45. The fourth-order valence-electron chi connectivity index (χ4n) is 4.05. The van der Waals surface area contributed by atoms with Crippen molar-refractivity contribution in [2.75, 3.05) is 13.1 Å². The summed E-state index contributed by atoms with van der Waals surface area (Å²) in [6.07, 6.45) is 6.56. The van der Waals surface area contributed by atoms with E-state index >= 15 is 0 Å². The maximum atomic E-state index is 13.0. The van der Waals surface area contributed by atoms with Crippen LogP contribution in [0.3, 0.4) is 0 Å². The zero-order valence-electron chi connectivity index (χ0n) is 15.8. The van der Waals surface area contributed by atoms with Crippen LogP contribution in [0.2, 0.25) is 0 Å². The molecule has 4 rings (SSSR count). The zero-order chi connectivity index (χ0) is 19.7. The predicted octanol–water partition coefficient (Wildman–Crippen LogP) is 0.862. The molecule has 2 N–H and O–H groups in total. The van der Waals surface area contributed by atoms with Gasteiger partial charge < -0.3 is 10.6 Å². The highest BCUT2D eigenvalue weighted by molar-refractivity contribution is 6.09. The molecule has 0 radical (unpaired) electrons. The van der Waals surface area contributed by atoms with E-state index < -0.39 is 11.6 Å². The third kappa shape index (κ3) is 3.15. The quantitative estimate of drug-likeness (QED) is 0.573. The van der Waals surface area contributed by atoms with Crippen molar-refractivity contribution in [3.8, 4) is 0 Å². The van der Waals surface area contributed by atoms with Crippen LogP contribution in [-0.2, 0) is 35.0 Å². The molecular formula is C20H23N5O3. The Morgan fingerprint density at radius 1 is 1.32 bits per heavy atom. The average Bonchev–Trinajstić information content (AvgIpc) is 3.33. The molecule has 28 heavy (non-hydrogen) atoms. The van der Waals surface area contributed by atoms with Gasteiger partial charge in [0.05, 0.1) is 6.20 Å². The molecule has 8 heteroatoms. The lowest BCUT2D eigenvalue weighted by atomic mass is 9.92. The normalized spacial score (nSPS) is 20.5. The second-order valence-electron chi connectivity index (χ2n) is 7.36. The van der Waals surface area contributed by atoms with Crippen LogP contribution < -0.4 is 10.6 Å². The predicted molar refractivity (Wildman–Crippen MR) is 101 cm³/mol. The number of nitrogens with zero attached hydrogens (tertiary/aromatic N) is 3. The van der Waals surface area contributed by atoms with E-state index in [4.69, 9.17) is 0 Å². The van der Waals surface area contributed by atoms with Gasteiger partial charge in [0.2, 0.25) is 5.91 Å². The van der Waals surface area contributed by atoms with E-state index in [1.54, 1.807) is 10.9 Å². The van der Waals surface area contributed by atoms with Crippen molar-refractivity contribution in [1.82, 2.24) is 25.3 Å². The maximum absolute atomic E-state index is 13.0. The number of nitrogens with one attached hydrogen (secondary N) is 2. The number of fused-ring (bicyclic) bond motifs is 2. The molecule has 1 aromatic carbocycles. The number of hydrogen-bond acceptors (Lipinski definition) is 4. The molecular weight excluding hydrogens is 358 g/mol. The number of urea groups is 1. The van der Waals surface area contributed by atoms with E-state index in [1.165, 1.54) is 0 Å². The zero-order valence-corrected chi connectivity index (χ0v) is 15.8. The number of imide groups is 1. The first kappa shape index (κ1) is 18.2. The van der Waals surface area contributed by atoms with Crippen LogP contribution in [0.25, 0.3) is 0 Å². The second-order valence-corrected chi connectivity index (χ2v) is 7.36. The van der Waals surface area contributed by atoms with Gasteiger partial charge in [-0.1, -0.05) is 24.3 Å². The first-order chi connectivity index (χ1) is 13.5. The summed E-state index contributed by atoms with van der Waals surface area (Å²) in [4.78, 5) is 38.7. The van der Waals surface area contributed by atoms with Gasteiger partial charge in [-0.25, -0.2) is 4.79 Å². The van der Waals surface area contributed by atoms with Crippen LogP contribution in [0.15, 0.2) is 36.7 Å². The Balaban J connectivity index is 1.33. The molecule has 1 aliphatic heterocycles. The van der Waals surface area contributed by atoms with Gasteiger partial charge in [-0.3, -0.25) is 19.2 Å². The standard InChI is InChI=1S/C20H23N5O3/c1-24-12-14(11-22-24)5-4-10-21-17(26)13-25-18(27)20(23-19(25)28)9-8-15-6-2-3-7-16(15)20/h2-3,6-7,11-12H,4-5,8-10,13H2,1H3,(H,21,26)(H,23,28). The van der Waals surface area contributed by atoms with Crippen molar-refractivity contribution < 1.29 is 14.4 Å². The van der Waals surface area contributed by atoms with Crippen molar-refractivity contribution in [2.45, 2.75) is 31.2 Å².